The third kappa shape index (κ3) is 4.71. The SMILES string of the molecule is CC(c1ccc(F)cc1)N(C)C(=O)CCc1nc(-c2ccc(Cl)cc2)no1. The molecule has 1 unspecified atom stereocenters. The summed E-state index contributed by atoms with van der Waals surface area (Å²) in [5.41, 5.74) is 1.66. The highest BCUT2D eigenvalue weighted by atomic mass is 35.5. The molecule has 3 aromatic rings. The van der Waals surface area contributed by atoms with Crippen LogP contribution in [0, 0.1) is 5.82 Å². The second-order valence-electron chi connectivity index (χ2n) is 6.25. The van der Waals surface area contributed by atoms with Crippen molar-refractivity contribution in [2.45, 2.75) is 25.8 Å². The van der Waals surface area contributed by atoms with Crippen LogP contribution in [-0.2, 0) is 11.2 Å². The lowest BCUT2D eigenvalue weighted by molar-refractivity contribution is -0.131. The molecule has 0 fully saturated rings. The van der Waals surface area contributed by atoms with Crippen LogP contribution in [0.25, 0.3) is 11.4 Å². The van der Waals surface area contributed by atoms with E-state index in [1.54, 1.807) is 48.3 Å². The van der Waals surface area contributed by atoms with Crippen LogP contribution in [-0.4, -0.2) is 28.0 Å². The molecule has 0 aliphatic heterocycles. The van der Waals surface area contributed by atoms with Crippen molar-refractivity contribution in [3.63, 3.8) is 0 Å². The van der Waals surface area contributed by atoms with Gasteiger partial charge in [-0.15, -0.1) is 0 Å². The Bertz CT molecular complexity index is 910. The van der Waals surface area contributed by atoms with Crippen molar-refractivity contribution in [2.24, 2.45) is 0 Å². The lowest BCUT2D eigenvalue weighted by Crippen LogP contribution is -2.29. The van der Waals surface area contributed by atoms with E-state index in [0.717, 1.165) is 11.1 Å². The highest BCUT2D eigenvalue weighted by Crippen LogP contribution is 2.21. The van der Waals surface area contributed by atoms with Crippen LogP contribution in [0.5, 0.6) is 0 Å². The summed E-state index contributed by atoms with van der Waals surface area (Å²) in [6.07, 6.45) is 0.587. The third-order valence-corrected chi connectivity index (χ3v) is 4.70. The molecule has 0 N–H and O–H groups in total. The van der Waals surface area contributed by atoms with Crippen LogP contribution in [0.2, 0.25) is 5.02 Å². The Hall–Kier alpha value is -2.73. The normalized spacial score (nSPS) is 12.0. The summed E-state index contributed by atoms with van der Waals surface area (Å²) < 4.78 is 18.3. The van der Waals surface area contributed by atoms with Gasteiger partial charge in [0.05, 0.1) is 6.04 Å². The van der Waals surface area contributed by atoms with Crippen LogP contribution >= 0.6 is 11.6 Å². The average Bonchev–Trinajstić information content (AvgIpc) is 3.15. The second kappa shape index (κ2) is 8.31. The molecule has 0 aliphatic carbocycles. The Balaban J connectivity index is 1.58. The van der Waals surface area contributed by atoms with E-state index in [-0.39, 0.29) is 24.2 Å². The molecule has 140 valence electrons. The predicted octanol–water partition coefficient (Wildman–Crippen LogP) is 4.68. The predicted molar refractivity (Wildman–Crippen MR) is 101 cm³/mol. The Morgan fingerprint density at radius 1 is 1.19 bits per heavy atom. The van der Waals surface area contributed by atoms with Gasteiger partial charge < -0.3 is 9.42 Å². The van der Waals surface area contributed by atoms with Crippen LogP contribution in [0.15, 0.2) is 53.1 Å². The molecule has 0 bridgehead atoms. The van der Waals surface area contributed by atoms with E-state index in [9.17, 15) is 9.18 Å². The molecule has 0 aliphatic rings. The van der Waals surface area contributed by atoms with Crippen molar-refractivity contribution in [3.05, 3.63) is 70.8 Å². The molecule has 1 aromatic heterocycles. The van der Waals surface area contributed by atoms with E-state index in [0.29, 0.717) is 23.2 Å². The molecule has 3 rings (SSSR count). The van der Waals surface area contributed by atoms with Crippen LogP contribution in [0.4, 0.5) is 4.39 Å². The number of carbonyl (C=O) groups is 1. The molecular formula is C20H19ClFN3O2. The molecule has 0 spiro atoms. The maximum atomic E-state index is 13.1. The van der Waals surface area contributed by atoms with Crippen molar-refractivity contribution >= 4 is 17.5 Å². The van der Waals surface area contributed by atoms with Gasteiger partial charge in [0.1, 0.15) is 5.82 Å². The van der Waals surface area contributed by atoms with E-state index in [2.05, 4.69) is 10.1 Å². The summed E-state index contributed by atoms with van der Waals surface area (Å²) in [5.74, 6) is 0.504. The fourth-order valence-corrected chi connectivity index (χ4v) is 2.77. The number of rotatable bonds is 6. The number of carbonyl (C=O) groups excluding carboxylic acids is 1. The molecule has 1 amide bonds. The van der Waals surface area contributed by atoms with Crippen molar-refractivity contribution in [3.8, 4) is 11.4 Å². The number of aromatic nitrogens is 2. The first kappa shape index (κ1) is 19.0. The van der Waals surface area contributed by atoms with E-state index in [4.69, 9.17) is 16.1 Å². The van der Waals surface area contributed by atoms with Gasteiger partial charge in [-0.3, -0.25) is 4.79 Å². The van der Waals surface area contributed by atoms with Gasteiger partial charge in [0.15, 0.2) is 0 Å². The van der Waals surface area contributed by atoms with Crippen LogP contribution in [0.1, 0.15) is 30.8 Å². The third-order valence-electron chi connectivity index (χ3n) is 4.45. The first-order valence-electron chi connectivity index (χ1n) is 8.53. The molecule has 0 saturated carbocycles. The molecule has 0 saturated heterocycles. The topological polar surface area (TPSA) is 59.2 Å². The molecule has 7 heteroatoms. The highest BCUT2D eigenvalue weighted by molar-refractivity contribution is 6.30. The van der Waals surface area contributed by atoms with Gasteiger partial charge in [-0.2, -0.15) is 4.98 Å². The number of aryl methyl sites for hydroxylation is 1. The first-order chi connectivity index (χ1) is 12.9. The Kier molecular flexibility index (Phi) is 5.86. The van der Waals surface area contributed by atoms with Gasteiger partial charge in [-0.05, 0) is 48.9 Å². The van der Waals surface area contributed by atoms with Crippen molar-refractivity contribution in [1.82, 2.24) is 15.0 Å². The standard InChI is InChI=1S/C20H19ClFN3O2/c1-13(14-5-9-17(22)10-6-14)25(2)19(26)12-11-18-23-20(24-27-18)15-3-7-16(21)8-4-15/h3-10,13H,11-12H2,1-2H3. The number of nitrogens with zero attached hydrogens (tertiary/aromatic N) is 3. The van der Waals surface area contributed by atoms with Gasteiger partial charge in [0.2, 0.25) is 17.6 Å². The summed E-state index contributed by atoms with van der Waals surface area (Å²) in [6, 6.07) is 13.1. The number of hydrogen-bond acceptors (Lipinski definition) is 4. The van der Waals surface area contributed by atoms with E-state index >= 15 is 0 Å². The van der Waals surface area contributed by atoms with Gasteiger partial charge in [0, 0.05) is 30.5 Å². The first-order valence-corrected chi connectivity index (χ1v) is 8.91. The molecule has 0 radical (unpaired) electrons. The van der Waals surface area contributed by atoms with Gasteiger partial charge >= 0.3 is 0 Å². The fraction of sp³-hybridized carbons (Fsp3) is 0.250. The average molecular weight is 388 g/mol. The smallest absolute Gasteiger partial charge is 0.227 e. The van der Waals surface area contributed by atoms with E-state index in [1.807, 2.05) is 6.92 Å². The van der Waals surface area contributed by atoms with Gasteiger partial charge in [-0.25, -0.2) is 4.39 Å². The number of benzene rings is 2. The number of halogens is 2. The Morgan fingerprint density at radius 3 is 2.52 bits per heavy atom. The number of hydrogen-bond donors (Lipinski definition) is 0. The van der Waals surface area contributed by atoms with Crippen LogP contribution in [0.3, 0.4) is 0 Å². The Labute approximate surface area is 161 Å². The summed E-state index contributed by atoms with van der Waals surface area (Å²) >= 11 is 5.87. The lowest BCUT2D eigenvalue weighted by Gasteiger charge is -2.25. The summed E-state index contributed by atoms with van der Waals surface area (Å²) in [5, 5.41) is 4.57. The van der Waals surface area contributed by atoms with E-state index in [1.165, 1.54) is 12.1 Å². The zero-order valence-corrected chi connectivity index (χ0v) is 15.8. The zero-order valence-electron chi connectivity index (χ0n) is 15.0. The molecular weight excluding hydrogens is 369 g/mol. The van der Waals surface area contributed by atoms with Gasteiger partial charge in [-0.1, -0.05) is 28.9 Å². The maximum Gasteiger partial charge on any atom is 0.227 e. The lowest BCUT2D eigenvalue weighted by atomic mass is 10.1. The minimum Gasteiger partial charge on any atom is -0.339 e. The summed E-state index contributed by atoms with van der Waals surface area (Å²) in [6.45, 7) is 1.90. The second-order valence-corrected chi connectivity index (χ2v) is 6.69. The molecule has 2 aromatic carbocycles. The van der Waals surface area contributed by atoms with Crippen molar-refractivity contribution in [1.29, 1.82) is 0 Å². The number of amides is 1. The fourth-order valence-electron chi connectivity index (χ4n) is 2.64. The molecule has 5 nitrogen and oxygen atoms in total. The maximum absolute atomic E-state index is 13.1. The van der Waals surface area contributed by atoms with Crippen molar-refractivity contribution < 1.29 is 13.7 Å². The van der Waals surface area contributed by atoms with Crippen molar-refractivity contribution in [2.75, 3.05) is 7.05 Å². The quantitative estimate of drug-likeness (QED) is 0.616. The monoisotopic (exact) mass is 387 g/mol. The van der Waals surface area contributed by atoms with Crippen LogP contribution < -0.4 is 0 Å². The largest absolute Gasteiger partial charge is 0.339 e. The highest BCUT2D eigenvalue weighted by Gasteiger charge is 2.18. The Morgan fingerprint density at radius 2 is 1.85 bits per heavy atom. The zero-order chi connectivity index (χ0) is 19.4. The molecule has 27 heavy (non-hydrogen) atoms. The van der Waals surface area contributed by atoms with Gasteiger partial charge in [0.25, 0.3) is 0 Å². The van der Waals surface area contributed by atoms with E-state index < -0.39 is 0 Å². The molecule has 1 heterocycles. The summed E-state index contributed by atoms with van der Waals surface area (Å²) in [7, 11) is 1.73. The molecule has 1 atom stereocenters. The minimum atomic E-state index is -0.298. The summed E-state index contributed by atoms with van der Waals surface area (Å²) in [4.78, 5) is 18.4. The minimum absolute atomic E-state index is 0.0573.